The lowest BCUT2D eigenvalue weighted by atomic mass is 9.98. The van der Waals surface area contributed by atoms with E-state index in [2.05, 4.69) is 4.74 Å². The van der Waals surface area contributed by atoms with E-state index in [0.29, 0.717) is 0 Å². The van der Waals surface area contributed by atoms with Crippen molar-refractivity contribution in [3.8, 4) is 0 Å². The predicted molar refractivity (Wildman–Crippen MR) is 89.9 cm³/mol. The average Bonchev–Trinajstić information content (AvgIpc) is 2.60. The number of hydrogen-bond acceptors (Lipinski definition) is 12. The second-order valence-electron chi connectivity index (χ2n) is 5.95. The van der Waals surface area contributed by atoms with Crippen molar-refractivity contribution in [1.29, 1.82) is 0 Å². The van der Waals surface area contributed by atoms with Gasteiger partial charge in [0, 0.05) is 27.7 Å². The smallest absolute Gasteiger partial charge is 0.331 e. The summed E-state index contributed by atoms with van der Waals surface area (Å²) in [4.78, 5) is 57.4. The second kappa shape index (κ2) is 11.3. The fourth-order valence-electron chi connectivity index (χ4n) is 2.53. The average molecular weight is 420 g/mol. The van der Waals surface area contributed by atoms with Gasteiger partial charge in [0.1, 0.15) is 19.3 Å². The molecular weight excluding hydrogens is 396 g/mol. The monoisotopic (exact) mass is 420 g/mol. The van der Waals surface area contributed by atoms with Crippen LogP contribution in [0.3, 0.4) is 0 Å². The predicted octanol–water partition coefficient (Wildman–Crippen LogP) is -0.741. The van der Waals surface area contributed by atoms with Crippen molar-refractivity contribution in [2.75, 3.05) is 20.3 Å². The quantitative estimate of drug-likeness (QED) is 0.359. The molecule has 0 aliphatic carbocycles. The van der Waals surface area contributed by atoms with Crippen LogP contribution in [0, 0.1) is 0 Å². The van der Waals surface area contributed by atoms with E-state index in [1.807, 2.05) is 0 Å². The van der Waals surface area contributed by atoms with Crippen LogP contribution in [0.4, 0.5) is 0 Å². The Morgan fingerprint density at radius 3 is 1.76 bits per heavy atom. The largest absolute Gasteiger partial charge is 0.467 e. The van der Waals surface area contributed by atoms with Crippen LogP contribution >= 0.6 is 0 Å². The Hall–Kier alpha value is -2.73. The zero-order valence-corrected chi connectivity index (χ0v) is 16.7. The van der Waals surface area contributed by atoms with Crippen molar-refractivity contribution in [2.45, 2.75) is 58.4 Å². The van der Waals surface area contributed by atoms with Crippen LogP contribution in [0.5, 0.6) is 0 Å². The van der Waals surface area contributed by atoms with Gasteiger partial charge < -0.3 is 33.2 Å². The number of methoxy groups -OCH3 is 1. The van der Waals surface area contributed by atoms with Gasteiger partial charge in [-0.15, -0.1) is 0 Å². The second-order valence-corrected chi connectivity index (χ2v) is 5.95. The molecule has 0 spiro atoms. The first-order chi connectivity index (χ1) is 13.5. The molecule has 0 N–H and O–H groups in total. The van der Waals surface area contributed by atoms with E-state index in [-0.39, 0.29) is 0 Å². The number of carbonyl (C=O) groups is 5. The number of ether oxygens (including phenoxy) is 7. The van der Waals surface area contributed by atoms with E-state index < -0.39 is 73.8 Å². The minimum Gasteiger partial charge on any atom is -0.467 e. The van der Waals surface area contributed by atoms with E-state index in [9.17, 15) is 24.0 Å². The molecule has 1 fully saturated rings. The topological polar surface area (TPSA) is 150 Å². The number of esters is 5. The van der Waals surface area contributed by atoms with Crippen LogP contribution in [0.1, 0.15) is 27.7 Å². The van der Waals surface area contributed by atoms with E-state index in [1.165, 1.54) is 0 Å². The number of rotatable bonds is 8. The molecule has 164 valence electrons. The van der Waals surface area contributed by atoms with Gasteiger partial charge in [-0.25, -0.2) is 4.79 Å². The van der Waals surface area contributed by atoms with E-state index in [4.69, 9.17) is 28.4 Å². The first-order valence-corrected chi connectivity index (χ1v) is 8.54. The maximum atomic E-state index is 11.6. The zero-order valence-electron chi connectivity index (χ0n) is 16.7. The molecule has 0 bridgehead atoms. The van der Waals surface area contributed by atoms with Gasteiger partial charge in [0.25, 0.3) is 0 Å². The van der Waals surface area contributed by atoms with Crippen molar-refractivity contribution in [1.82, 2.24) is 0 Å². The van der Waals surface area contributed by atoms with Gasteiger partial charge in [0.05, 0.1) is 7.11 Å². The summed E-state index contributed by atoms with van der Waals surface area (Å²) in [6, 6.07) is 0. The normalized spacial score (nSPS) is 26.0. The Labute approximate surface area is 166 Å². The Bertz CT molecular complexity index is 630. The van der Waals surface area contributed by atoms with Gasteiger partial charge in [0.2, 0.25) is 0 Å². The van der Waals surface area contributed by atoms with Crippen LogP contribution in [0.15, 0.2) is 0 Å². The summed E-state index contributed by atoms with van der Waals surface area (Å²) in [5.74, 6) is -3.70. The molecule has 12 nitrogen and oxygen atoms in total. The Kier molecular flexibility index (Phi) is 9.48. The molecule has 0 saturated carbocycles. The number of hydrogen-bond donors (Lipinski definition) is 0. The third-order valence-electron chi connectivity index (χ3n) is 3.54. The summed E-state index contributed by atoms with van der Waals surface area (Å²) in [5, 5.41) is 0. The molecule has 1 saturated heterocycles. The molecule has 5 atom stereocenters. The lowest BCUT2D eigenvalue weighted by Gasteiger charge is -2.43. The highest BCUT2D eigenvalue weighted by atomic mass is 16.7. The van der Waals surface area contributed by atoms with Crippen molar-refractivity contribution in [3.05, 3.63) is 0 Å². The van der Waals surface area contributed by atoms with Gasteiger partial charge in [-0.3, -0.25) is 19.2 Å². The molecule has 1 unspecified atom stereocenters. The standard InChI is InChI=1S/C17H24O12/c1-8(18)24-6-12-14(26-9(2)19)15(27-10(3)20)16(28-11(4)21)17(29-12)25-7-13(22)23-5/h12,14-17H,6-7H2,1-5H3/t12-,14-,15+,16-,17?/m1/s1. The molecule has 0 radical (unpaired) electrons. The van der Waals surface area contributed by atoms with Gasteiger partial charge in [0.15, 0.2) is 24.6 Å². The summed E-state index contributed by atoms with van der Waals surface area (Å²) < 4.78 is 35.9. The molecule has 1 aliphatic heterocycles. The summed E-state index contributed by atoms with van der Waals surface area (Å²) in [5.41, 5.74) is 0. The minimum absolute atomic E-state index is 0.393. The molecular formula is C17H24O12. The Balaban J connectivity index is 3.26. The fourth-order valence-corrected chi connectivity index (χ4v) is 2.53. The number of carbonyl (C=O) groups excluding carboxylic acids is 5. The molecule has 1 aliphatic rings. The zero-order chi connectivity index (χ0) is 22.1. The highest BCUT2D eigenvalue weighted by molar-refractivity contribution is 5.70. The van der Waals surface area contributed by atoms with Gasteiger partial charge in [-0.1, -0.05) is 0 Å². The molecule has 0 amide bonds. The van der Waals surface area contributed by atoms with E-state index in [1.54, 1.807) is 0 Å². The maximum Gasteiger partial charge on any atom is 0.331 e. The third-order valence-corrected chi connectivity index (χ3v) is 3.54. The summed E-state index contributed by atoms with van der Waals surface area (Å²) in [6.07, 6.45) is -6.62. The van der Waals surface area contributed by atoms with Crippen LogP contribution < -0.4 is 0 Å². The minimum atomic E-state index is -1.42. The molecule has 0 aromatic rings. The molecule has 1 rings (SSSR count). The molecule has 0 aromatic heterocycles. The van der Waals surface area contributed by atoms with Crippen molar-refractivity contribution in [3.63, 3.8) is 0 Å². The van der Waals surface area contributed by atoms with Crippen LogP contribution in [0.2, 0.25) is 0 Å². The van der Waals surface area contributed by atoms with Crippen molar-refractivity contribution >= 4 is 29.8 Å². The fraction of sp³-hybridized carbons (Fsp3) is 0.706. The van der Waals surface area contributed by atoms with Crippen LogP contribution in [0.25, 0.3) is 0 Å². The Morgan fingerprint density at radius 2 is 1.28 bits per heavy atom. The van der Waals surface area contributed by atoms with Crippen LogP contribution in [-0.4, -0.2) is 80.9 Å². The molecule has 0 aromatic carbocycles. The lowest BCUT2D eigenvalue weighted by Crippen LogP contribution is -2.63. The van der Waals surface area contributed by atoms with Gasteiger partial charge in [-0.05, 0) is 0 Å². The Morgan fingerprint density at radius 1 is 0.759 bits per heavy atom. The SMILES string of the molecule is COC(=O)COC1O[C@H](COC(C)=O)[C@@H](OC(C)=O)[C@H](OC(C)=O)[C@H]1OC(C)=O. The van der Waals surface area contributed by atoms with Gasteiger partial charge >= 0.3 is 29.8 Å². The van der Waals surface area contributed by atoms with E-state index >= 15 is 0 Å². The first kappa shape index (κ1) is 24.3. The van der Waals surface area contributed by atoms with Crippen molar-refractivity contribution in [2.24, 2.45) is 0 Å². The highest BCUT2D eigenvalue weighted by Gasteiger charge is 2.52. The summed E-state index contributed by atoms with van der Waals surface area (Å²) >= 11 is 0. The lowest BCUT2D eigenvalue weighted by molar-refractivity contribution is -0.307. The molecule has 1 heterocycles. The van der Waals surface area contributed by atoms with Crippen LogP contribution in [-0.2, 0) is 57.1 Å². The van der Waals surface area contributed by atoms with E-state index in [0.717, 1.165) is 34.8 Å². The molecule has 29 heavy (non-hydrogen) atoms. The maximum absolute atomic E-state index is 11.6. The van der Waals surface area contributed by atoms with Gasteiger partial charge in [-0.2, -0.15) is 0 Å². The van der Waals surface area contributed by atoms with Crippen molar-refractivity contribution < 1.29 is 57.1 Å². The summed E-state index contributed by atoms with van der Waals surface area (Å²) in [6.45, 7) is 3.47. The third kappa shape index (κ3) is 8.03. The summed E-state index contributed by atoms with van der Waals surface area (Å²) in [7, 11) is 1.14. The highest BCUT2D eigenvalue weighted by Crippen LogP contribution is 2.29. The molecule has 12 heteroatoms. The first-order valence-electron chi connectivity index (χ1n) is 8.54.